The van der Waals surface area contributed by atoms with Crippen LogP contribution in [-0.4, -0.2) is 52.1 Å². The summed E-state index contributed by atoms with van der Waals surface area (Å²) in [6.07, 6.45) is -5.60. The van der Waals surface area contributed by atoms with Gasteiger partial charge in [0.05, 0.1) is 18.7 Å². The standard InChI is InChI=1S/C26H22BrF5N6O6/c1-41-9-8-38-12-35-37-18(38)10-34-25(40)42-11-17(43-16-7-6-15(28)19(20(16)29)23(33)39)24-36-21(22(27)44-24)13-2-4-14(5-3-13)26(30,31)32/h2-7,12,17H,8-11H2,1H3,(H2,33,39)(H,34,40). The molecule has 0 fully saturated rings. The summed E-state index contributed by atoms with van der Waals surface area (Å²) in [6.45, 7) is 0.0317. The normalized spacial score (nSPS) is 12.2. The van der Waals surface area contributed by atoms with Gasteiger partial charge in [0.1, 0.15) is 30.0 Å². The van der Waals surface area contributed by atoms with Crippen LogP contribution in [0.25, 0.3) is 11.3 Å². The van der Waals surface area contributed by atoms with E-state index in [1.807, 2.05) is 0 Å². The molecular formula is C26H22BrF5N6O6. The molecule has 1 unspecified atom stereocenters. The highest BCUT2D eigenvalue weighted by molar-refractivity contribution is 9.10. The molecule has 2 amide bonds. The number of carbonyl (C=O) groups excluding carboxylic acids is 2. The maximum atomic E-state index is 15.0. The number of hydrogen-bond donors (Lipinski definition) is 2. The molecule has 0 saturated carbocycles. The molecular weight excluding hydrogens is 667 g/mol. The van der Waals surface area contributed by atoms with Gasteiger partial charge >= 0.3 is 12.3 Å². The van der Waals surface area contributed by atoms with E-state index in [1.54, 1.807) is 4.57 Å². The first-order valence-electron chi connectivity index (χ1n) is 12.4. The number of carbonyl (C=O) groups is 2. The Labute approximate surface area is 253 Å². The van der Waals surface area contributed by atoms with Gasteiger partial charge in [-0.25, -0.2) is 18.6 Å². The van der Waals surface area contributed by atoms with Crippen molar-refractivity contribution in [3.63, 3.8) is 0 Å². The molecule has 0 aliphatic carbocycles. The minimum atomic E-state index is -4.57. The number of nitrogens with two attached hydrogens (primary N) is 1. The Hall–Kier alpha value is -4.58. The largest absolute Gasteiger partial charge is 0.474 e. The smallest absolute Gasteiger partial charge is 0.416 e. The van der Waals surface area contributed by atoms with Crippen LogP contribution < -0.4 is 15.8 Å². The predicted molar refractivity (Wildman–Crippen MR) is 143 cm³/mol. The van der Waals surface area contributed by atoms with Crippen molar-refractivity contribution in [2.75, 3.05) is 20.3 Å². The molecule has 3 N–H and O–H groups in total. The zero-order valence-electron chi connectivity index (χ0n) is 22.5. The van der Waals surface area contributed by atoms with Gasteiger partial charge in [-0.1, -0.05) is 12.1 Å². The molecule has 18 heteroatoms. The number of benzene rings is 2. The number of nitrogens with one attached hydrogen (secondary N) is 1. The number of methoxy groups -OCH3 is 1. The van der Waals surface area contributed by atoms with E-state index in [4.69, 9.17) is 24.4 Å². The molecule has 0 spiro atoms. The summed E-state index contributed by atoms with van der Waals surface area (Å²) in [6, 6.07) is 5.59. The van der Waals surface area contributed by atoms with Crippen LogP contribution in [-0.2, 0) is 28.7 Å². The third-order valence-corrected chi connectivity index (χ3v) is 6.46. The molecule has 234 valence electrons. The zero-order valence-corrected chi connectivity index (χ0v) is 24.1. The predicted octanol–water partition coefficient (Wildman–Crippen LogP) is 4.78. The fourth-order valence-electron chi connectivity index (χ4n) is 3.76. The van der Waals surface area contributed by atoms with Gasteiger partial charge in [0.15, 0.2) is 22.1 Å². The van der Waals surface area contributed by atoms with Crippen LogP contribution in [0.4, 0.5) is 26.7 Å². The average molecular weight is 689 g/mol. The lowest BCUT2D eigenvalue weighted by molar-refractivity contribution is -0.137. The SMILES string of the molecule is COCCn1cnnc1CNC(=O)OCC(Oc1ccc(F)c(C(N)=O)c1F)c1nc(-c2ccc(C(F)(F)F)cc2)c(Br)o1. The van der Waals surface area contributed by atoms with E-state index in [9.17, 15) is 31.5 Å². The third-order valence-electron chi connectivity index (χ3n) is 5.92. The zero-order chi connectivity index (χ0) is 32.0. The van der Waals surface area contributed by atoms with E-state index in [0.29, 0.717) is 19.0 Å². The van der Waals surface area contributed by atoms with Crippen molar-refractivity contribution in [3.05, 3.63) is 81.9 Å². The molecule has 4 rings (SSSR count). The molecule has 2 aromatic heterocycles. The number of primary amides is 1. The van der Waals surface area contributed by atoms with E-state index >= 15 is 0 Å². The lowest BCUT2D eigenvalue weighted by Crippen LogP contribution is -2.28. The first-order chi connectivity index (χ1) is 20.9. The summed E-state index contributed by atoms with van der Waals surface area (Å²) < 4.78 is 91.0. The van der Waals surface area contributed by atoms with Crippen LogP contribution in [0, 0.1) is 11.6 Å². The maximum Gasteiger partial charge on any atom is 0.416 e. The molecule has 0 radical (unpaired) electrons. The summed E-state index contributed by atoms with van der Waals surface area (Å²) in [4.78, 5) is 28.3. The van der Waals surface area contributed by atoms with Gasteiger partial charge in [0.2, 0.25) is 12.0 Å². The van der Waals surface area contributed by atoms with Gasteiger partial charge in [-0.15, -0.1) is 10.2 Å². The number of alkyl carbamates (subject to hydrolysis) is 1. The van der Waals surface area contributed by atoms with E-state index < -0.39 is 59.4 Å². The average Bonchev–Trinajstić information content (AvgIpc) is 3.59. The van der Waals surface area contributed by atoms with Crippen molar-refractivity contribution in [1.29, 1.82) is 0 Å². The number of rotatable bonds is 12. The second kappa shape index (κ2) is 13.8. The van der Waals surface area contributed by atoms with Gasteiger partial charge in [-0.05, 0) is 40.2 Å². The lowest BCUT2D eigenvalue weighted by Gasteiger charge is -2.18. The molecule has 0 saturated heterocycles. The summed E-state index contributed by atoms with van der Waals surface area (Å²) in [5.41, 5.74) is 3.37. The summed E-state index contributed by atoms with van der Waals surface area (Å²) in [5.74, 6) is -4.67. The topological polar surface area (TPSA) is 157 Å². The van der Waals surface area contributed by atoms with E-state index in [2.05, 4.69) is 36.4 Å². The quantitative estimate of drug-likeness (QED) is 0.200. The van der Waals surface area contributed by atoms with Crippen LogP contribution in [0.1, 0.15) is 33.7 Å². The van der Waals surface area contributed by atoms with E-state index in [-0.39, 0.29) is 28.4 Å². The number of alkyl halides is 3. The minimum absolute atomic E-state index is 0.0413. The van der Waals surface area contributed by atoms with Crippen molar-refractivity contribution in [3.8, 4) is 17.0 Å². The van der Waals surface area contributed by atoms with Gasteiger partial charge in [0, 0.05) is 19.2 Å². The number of ether oxygens (including phenoxy) is 3. The first kappa shape index (κ1) is 32.3. The van der Waals surface area contributed by atoms with Crippen molar-refractivity contribution in [2.45, 2.75) is 25.4 Å². The molecule has 0 bridgehead atoms. The van der Waals surface area contributed by atoms with Crippen LogP contribution in [0.15, 0.2) is 51.8 Å². The van der Waals surface area contributed by atoms with E-state index in [0.717, 1.165) is 36.4 Å². The number of nitrogens with zero attached hydrogens (tertiary/aromatic N) is 4. The summed E-state index contributed by atoms with van der Waals surface area (Å²) in [7, 11) is 1.52. The summed E-state index contributed by atoms with van der Waals surface area (Å²) >= 11 is 3.14. The van der Waals surface area contributed by atoms with Crippen LogP contribution in [0.2, 0.25) is 0 Å². The van der Waals surface area contributed by atoms with Gasteiger partial charge < -0.3 is 34.2 Å². The Balaban J connectivity index is 1.57. The molecule has 2 heterocycles. The summed E-state index contributed by atoms with van der Waals surface area (Å²) in [5, 5.41) is 10.1. The highest BCUT2D eigenvalue weighted by atomic mass is 79.9. The monoisotopic (exact) mass is 688 g/mol. The molecule has 0 aliphatic rings. The van der Waals surface area contributed by atoms with Crippen LogP contribution >= 0.6 is 15.9 Å². The Morgan fingerprint density at radius 1 is 1.16 bits per heavy atom. The molecule has 2 aromatic carbocycles. The Morgan fingerprint density at radius 3 is 2.55 bits per heavy atom. The second-order valence-electron chi connectivity index (χ2n) is 8.84. The minimum Gasteiger partial charge on any atom is -0.474 e. The van der Waals surface area contributed by atoms with Gasteiger partial charge in [-0.3, -0.25) is 4.79 Å². The molecule has 12 nitrogen and oxygen atoms in total. The van der Waals surface area contributed by atoms with Crippen molar-refractivity contribution >= 4 is 27.9 Å². The van der Waals surface area contributed by atoms with Crippen molar-refractivity contribution < 1.29 is 50.2 Å². The maximum absolute atomic E-state index is 15.0. The van der Waals surface area contributed by atoms with Crippen LogP contribution in [0.3, 0.4) is 0 Å². The lowest BCUT2D eigenvalue weighted by atomic mass is 10.1. The number of halogens is 6. The molecule has 1 atom stereocenters. The fraction of sp³-hybridized carbons (Fsp3) is 0.269. The van der Waals surface area contributed by atoms with Gasteiger partial charge in [-0.2, -0.15) is 13.2 Å². The van der Waals surface area contributed by atoms with Gasteiger partial charge in [0.25, 0.3) is 5.91 Å². The third kappa shape index (κ3) is 7.67. The molecule has 44 heavy (non-hydrogen) atoms. The Bertz CT molecular complexity index is 1630. The van der Waals surface area contributed by atoms with E-state index in [1.165, 1.54) is 13.4 Å². The van der Waals surface area contributed by atoms with Crippen LogP contribution in [0.5, 0.6) is 5.75 Å². The number of oxazole rings is 1. The number of amides is 2. The molecule has 4 aromatic rings. The van der Waals surface area contributed by atoms with Crippen molar-refractivity contribution in [2.24, 2.45) is 5.73 Å². The molecule has 0 aliphatic heterocycles. The number of hydrogen-bond acceptors (Lipinski definition) is 9. The highest BCUT2D eigenvalue weighted by Gasteiger charge is 2.31. The Morgan fingerprint density at radius 2 is 1.89 bits per heavy atom. The van der Waals surface area contributed by atoms with Crippen molar-refractivity contribution in [1.82, 2.24) is 25.1 Å². The fourth-order valence-corrected chi connectivity index (χ4v) is 4.24. The highest BCUT2D eigenvalue weighted by Crippen LogP contribution is 2.36. The second-order valence-corrected chi connectivity index (χ2v) is 9.56. The number of aromatic nitrogens is 4. The first-order valence-corrected chi connectivity index (χ1v) is 13.2. The Kier molecular flexibility index (Phi) is 10.1.